The maximum absolute atomic E-state index is 12.7. The lowest BCUT2D eigenvalue weighted by Gasteiger charge is -2.23. The van der Waals surface area contributed by atoms with Gasteiger partial charge in [0, 0.05) is 17.8 Å². The molecule has 1 aliphatic rings. The summed E-state index contributed by atoms with van der Waals surface area (Å²) >= 11 is 5.96. The van der Waals surface area contributed by atoms with Crippen LogP contribution >= 0.6 is 11.6 Å². The molecule has 0 radical (unpaired) electrons. The molecule has 32 heavy (non-hydrogen) atoms. The SMILES string of the molecule is Cc1cc(C(=O)NC(C)c2cnc(OCC(F)(F)F)c(Cl)c2)nc(NC(=O)C2CCC2)n1. The quantitative estimate of drug-likeness (QED) is 0.632. The summed E-state index contributed by atoms with van der Waals surface area (Å²) in [4.78, 5) is 36.9. The summed E-state index contributed by atoms with van der Waals surface area (Å²) in [5.74, 6) is -1.07. The molecule has 0 saturated heterocycles. The highest BCUT2D eigenvalue weighted by Crippen LogP contribution is 2.28. The highest BCUT2D eigenvalue weighted by Gasteiger charge is 2.29. The van der Waals surface area contributed by atoms with E-state index in [2.05, 4.69) is 30.3 Å². The van der Waals surface area contributed by atoms with Gasteiger partial charge in [-0.25, -0.2) is 15.0 Å². The number of alkyl halides is 3. The summed E-state index contributed by atoms with van der Waals surface area (Å²) in [7, 11) is 0. The van der Waals surface area contributed by atoms with Crippen molar-refractivity contribution in [3.63, 3.8) is 0 Å². The van der Waals surface area contributed by atoms with Crippen molar-refractivity contribution >= 4 is 29.4 Å². The molecule has 12 heteroatoms. The molecule has 2 N–H and O–H groups in total. The highest BCUT2D eigenvalue weighted by molar-refractivity contribution is 6.31. The minimum atomic E-state index is -4.52. The molecule has 2 amide bonds. The molecule has 1 unspecified atom stereocenters. The van der Waals surface area contributed by atoms with Crippen LogP contribution in [-0.2, 0) is 4.79 Å². The fraction of sp³-hybridized carbons (Fsp3) is 0.450. The first-order valence-electron chi connectivity index (χ1n) is 9.84. The van der Waals surface area contributed by atoms with E-state index in [0.29, 0.717) is 11.3 Å². The molecule has 1 saturated carbocycles. The monoisotopic (exact) mass is 471 g/mol. The number of aryl methyl sites for hydroxylation is 1. The van der Waals surface area contributed by atoms with E-state index in [1.165, 1.54) is 18.3 Å². The van der Waals surface area contributed by atoms with Crippen molar-refractivity contribution in [2.75, 3.05) is 11.9 Å². The van der Waals surface area contributed by atoms with E-state index in [0.717, 1.165) is 19.3 Å². The van der Waals surface area contributed by atoms with Crippen LogP contribution in [0, 0.1) is 12.8 Å². The zero-order valence-corrected chi connectivity index (χ0v) is 18.0. The van der Waals surface area contributed by atoms with Gasteiger partial charge in [0.15, 0.2) is 6.61 Å². The van der Waals surface area contributed by atoms with Crippen molar-refractivity contribution in [1.82, 2.24) is 20.3 Å². The van der Waals surface area contributed by atoms with Crippen LogP contribution in [0.25, 0.3) is 0 Å². The van der Waals surface area contributed by atoms with E-state index < -0.39 is 24.7 Å². The topological polar surface area (TPSA) is 106 Å². The summed E-state index contributed by atoms with van der Waals surface area (Å²) in [6.07, 6.45) is -0.611. The Morgan fingerprint density at radius 2 is 2.00 bits per heavy atom. The third-order valence-corrected chi connectivity index (χ3v) is 5.12. The van der Waals surface area contributed by atoms with E-state index in [4.69, 9.17) is 11.6 Å². The number of pyridine rings is 1. The number of rotatable bonds is 7. The van der Waals surface area contributed by atoms with Gasteiger partial charge in [0.1, 0.15) is 10.7 Å². The second-order valence-corrected chi connectivity index (χ2v) is 7.90. The molecular weight excluding hydrogens is 451 g/mol. The van der Waals surface area contributed by atoms with Gasteiger partial charge in [0.05, 0.1) is 6.04 Å². The van der Waals surface area contributed by atoms with Crippen molar-refractivity contribution in [3.8, 4) is 5.88 Å². The van der Waals surface area contributed by atoms with Gasteiger partial charge in [-0.05, 0) is 44.4 Å². The molecule has 2 heterocycles. The lowest BCUT2D eigenvalue weighted by molar-refractivity contribution is -0.154. The predicted molar refractivity (Wildman–Crippen MR) is 109 cm³/mol. The first kappa shape index (κ1) is 23.7. The Bertz CT molecular complexity index is 1010. The molecule has 0 bridgehead atoms. The van der Waals surface area contributed by atoms with Crippen LogP contribution in [0.15, 0.2) is 18.3 Å². The number of nitrogens with one attached hydrogen (secondary N) is 2. The van der Waals surface area contributed by atoms with Crippen LogP contribution in [0.4, 0.5) is 19.1 Å². The van der Waals surface area contributed by atoms with Crippen LogP contribution < -0.4 is 15.4 Å². The second-order valence-electron chi connectivity index (χ2n) is 7.49. The van der Waals surface area contributed by atoms with Crippen LogP contribution in [0.5, 0.6) is 5.88 Å². The van der Waals surface area contributed by atoms with E-state index >= 15 is 0 Å². The van der Waals surface area contributed by atoms with Crippen molar-refractivity contribution in [2.45, 2.75) is 45.3 Å². The predicted octanol–water partition coefficient (Wildman–Crippen LogP) is 4.00. The van der Waals surface area contributed by atoms with Crippen LogP contribution in [-0.4, -0.2) is 39.5 Å². The van der Waals surface area contributed by atoms with Crippen molar-refractivity contribution in [2.24, 2.45) is 5.92 Å². The first-order chi connectivity index (χ1) is 15.0. The summed E-state index contributed by atoms with van der Waals surface area (Å²) < 4.78 is 41.5. The summed E-state index contributed by atoms with van der Waals surface area (Å²) in [5, 5.41) is 5.23. The molecule has 2 aromatic heterocycles. The number of carbonyl (C=O) groups is 2. The van der Waals surface area contributed by atoms with Gasteiger partial charge < -0.3 is 10.1 Å². The number of aromatic nitrogens is 3. The largest absolute Gasteiger partial charge is 0.467 e. The van der Waals surface area contributed by atoms with E-state index in [1.807, 2.05) is 0 Å². The van der Waals surface area contributed by atoms with Crippen molar-refractivity contribution < 1.29 is 27.5 Å². The smallest absolute Gasteiger partial charge is 0.422 e. The Kier molecular flexibility index (Phi) is 7.17. The van der Waals surface area contributed by atoms with E-state index in [1.54, 1.807) is 13.8 Å². The first-order valence-corrected chi connectivity index (χ1v) is 10.2. The fourth-order valence-electron chi connectivity index (χ4n) is 2.91. The van der Waals surface area contributed by atoms with Gasteiger partial charge in [-0.1, -0.05) is 18.0 Å². The normalized spacial score (nSPS) is 14.9. The van der Waals surface area contributed by atoms with Gasteiger partial charge >= 0.3 is 6.18 Å². The maximum Gasteiger partial charge on any atom is 0.422 e. The molecular formula is C20H21ClF3N5O3. The lowest BCUT2D eigenvalue weighted by Crippen LogP contribution is -2.30. The van der Waals surface area contributed by atoms with Crippen LogP contribution in [0.3, 0.4) is 0 Å². The number of nitrogens with zero attached hydrogens (tertiary/aromatic N) is 3. The molecule has 172 valence electrons. The molecule has 2 aromatic rings. The maximum atomic E-state index is 12.7. The standard InChI is InChI=1S/C20H21ClF3N5O3/c1-10-6-15(28-19(26-10)29-16(30)12-4-3-5-12)17(31)27-11(2)13-7-14(21)18(25-8-13)32-9-20(22,23)24/h6-8,11-12H,3-5,9H2,1-2H3,(H,27,31)(H,26,28,29,30). The zero-order valence-electron chi connectivity index (χ0n) is 17.3. The third kappa shape index (κ3) is 6.28. The lowest BCUT2D eigenvalue weighted by atomic mass is 9.85. The van der Waals surface area contributed by atoms with Gasteiger partial charge in [0.25, 0.3) is 5.91 Å². The van der Waals surface area contributed by atoms with Crippen molar-refractivity contribution in [1.29, 1.82) is 0 Å². The summed E-state index contributed by atoms with van der Waals surface area (Å²) in [5.41, 5.74) is 1.00. The van der Waals surface area contributed by atoms with Crippen LogP contribution in [0.1, 0.15) is 54.0 Å². The number of halogens is 4. The molecule has 1 fully saturated rings. The zero-order chi connectivity index (χ0) is 23.5. The van der Waals surface area contributed by atoms with Gasteiger partial charge in [-0.15, -0.1) is 0 Å². The number of hydrogen-bond acceptors (Lipinski definition) is 6. The third-order valence-electron chi connectivity index (χ3n) is 4.85. The van der Waals surface area contributed by atoms with Crippen LogP contribution in [0.2, 0.25) is 5.02 Å². The Labute approximate surface area is 186 Å². The average Bonchev–Trinajstić information content (AvgIpc) is 2.64. The molecule has 0 aromatic carbocycles. The molecule has 3 rings (SSSR count). The number of carbonyl (C=O) groups excluding carboxylic acids is 2. The second kappa shape index (κ2) is 9.68. The Hall–Kier alpha value is -2.95. The number of anilines is 1. The molecule has 0 aliphatic heterocycles. The molecule has 0 spiro atoms. The number of ether oxygens (including phenoxy) is 1. The van der Waals surface area contributed by atoms with Gasteiger partial charge in [-0.3, -0.25) is 14.9 Å². The minimum Gasteiger partial charge on any atom is -0.467 e. The Morgan fingerprint density at radius 3 is 2.59 bits per heavy atom. The highest BCUT2D eigenvalue weighted by atomic mass is 35.5. The Morgan fingerprint density at radius 1 is 1.28 bits per heavy atom. The van der Waals surface area contributed by atoms with E-state index in [-0.39, 0.29) is 34.4 Å². The van der Waals surface area contributed by atoms with Gasteiger partial charge in [-0.2, -0.15) is 13.2 Å². The average molecular weight is 472 g/mol. The summed E-state index contributed by atoms with van der Waals surface area (Å²) in [6, 6.07) is 2.24. The number of amides is 2. The number of hydrogen-bond donors (Lipinski definition) is 2. The summed E-state index contributed by atoms with van der Waals surface area (Å²) in [6.45, 7) is 1.80. The molecule has 1 aliphatic carbocycles. The van der Waals surface area contributed by atoms with Crippen molar-refractivity contribution in [3.05, 3.63) is 40.3 Å². The fourth-order valence-corrected chi connectivity index (χ4v) is 3.14. The Balaban J connectivity index is 1.66. The molecule has 1 atom stereocenters. The molecule has 8 nitrogen and oxygen atoms in total. The van der Waals surface area contributed by atoms with E-state index in [9.17, 15) is 22.8 Å². The minimum absolute atomic E-state index is 0.0515. The van der Waals surface area contributed by atoms with Gasteiger partial charge in [0.2, 0.25) is 17.7 Å².